The smallest absolute Gasteiger partial charge is 0.358 e. The first-order valence-electron chi connectivity index (χ1n) is 7.62. The topological polar surface area (TPSA) is 115 Å². The maximum absolute atomic E-state index is 12.4. The zero-order valence-corrected chi connectivity index (χ0v) is 14.5. The second-order valence-electron chi connectivity index (χ2n) is 5.41. The summed E-state index contributed by atoms with van der Waals surface area (Å²) >= 11 is 5.69. The van der Waals surface area contributed by atoms with E-state index in [1.54, 1.807) is 42.3 Å². The summed E-state index contributed by atoms with van der Waals surface area (Å²) in [5, 5.41) is 19.6. The number of hydrogen-bond donors (Lipinski definition) is 2. The van der Waals surface area contributed by atoms with Crippen LogP contribution in [0.4, 0.5) is 5.69 Å². The number of carboxylic acid groups (broad SMARTS) is 1. The van der Waals surface area contributed by atoms with Crippen LogP contribution < -0.4 is 5.32 Å². The SMILES string of the molecule is Cn1cc(NC(=O)c2cccc(-c3cnn(CCCl)c3)n2)c(C(=O)O)n1. The lowest BCUT2D eigenvalue weighted by Gasteiger charge is -2.04. The quantitative estimate of drug-likeness (QED) is 0.636. The average Bonchev–Trinajstić information content (AvgIpc) is 3.22. The van der Waals surface area contributed by atoms with Gasteiger partial charge in [0.1, 0.15) is 5.69 Å². The molecule has 0 atom stereocenters. The Morgan fingerprint density at radius 3 is 2.85 bits per heavy atom. The van der Waals surface area contributed by atoms with E-state index in [-0.39, 0.29) is 17.1 Å². The van der Waals surface area contributed by atoms with Crippen LogP contribution in [0, 0.1) is 0 Å². The number of nitrogens with one attached hydrogen (secondary N) is 1. The Balaban J connectivity index is 1.83. The molecule has 2 N–H and O–H groups in total. The number of pyridine rings is 1. The van der Waals surface area contributed by atoms with Crippen LogP contribution in [-0.4, -0.2) is 47.4 Å². The number of anilines is 1. The number of nitrogens with zero attached hydrogens (tertiary/aromatic N) is 5. The van der Waals surface area contributed by atoms with Crippen molar-refractivity contribution >= 4 is 29.2 Å². The molecule has 134 valence electrons. The molecule has 9 nitrogen and oxygen atoms in total. The van der Waals surface area contributed by atoms with Crippen molar-refractivity contribution in [2.45, 2.75) is 6.54 Å². The summed E-state index contributed by atoms with van der Waals surface area (Å²) in [4.78, 5) is 28.0. The van der Waals surface area contributed by atoms with Crippen molar-refractivity contribution < 1.29 is 14.7 Å². The summed E-state index contributed by atoms with van der Waals surface area (Å²) < 4.78 is 3.00. The Kier molecular flexibility index (Phi) is 4.99. The fraction of sp³-hybridized carbons (Fsp3) is 0.188. The molecule has 10 heteroatoms. The summed E-state index contributed by atoms with van der Waals surface area (Å²) in [6, 6.07) is 4.99. The molecule has 0 aliphatic rings. The predicted molar refractivity (Wildman–Crippen MR) is 94.3 cm³/mol. The zero-order chi connectivity index (χ0) is 18.7. The zero-order valence-electron chi connectivity index (χ0n) is 13.8. The molecule has 0 spiro atoms. The first kappa shape index (κ1) is 17.6. The standard InChI is InChI=1S/C16H15ClN6O3/c1-22-9-13(14(21-22)16(25)26)20-15(24)12-4-2-3-11(19-12)10-7-18-23(8-10)6-5-17/h2-4,7-9H,5-6H2,1H3,(H,20,24)(H,25,26). The van der Waals surface area contributed by atoms with Gasteiger partial charge in [-0.05, 0) is 12.1 Å². The van der Waals surface area contributed by atoms with Crippen LogP contribution in [0.3, 0.4) is 0 Å². The van der Waals surface area contributed by atoms with E-state index in [9.17, 15) is 9.59 Å². The highest BCUT2D eigenvalue weighted by atomic mass is 35.5. The minimum atomic E-state index is -1.23. The van der Waals surface area contributed by atoms with Gasteiger partial charge in [0, 0.05) is 30.9 Å². The second-order valence-corrected chi connectivity index (χ2v) is 5.79. The van der Waals surface area contributed by atoms with E-state index in [4.69, 9.17) is 16.7 Å². The largest absolute Gasteiger partial charge is 0.476 e. The molecule has 3 heterocycles. The molecular weight excluding hydrogens is 360 g/mol. The number of halogens is 1. The highest BCUT2D eigenvalue weighted by Gasteiger charge is 2.18. The third-order valence-corrected chi connectivity index (χ3v) is 3.67. The van der Waals surface area contributed by atoms with Gasteiger partial charge >= 0.3 is 5.97 Å². The predicted octanol–water partition coefficient (Wildman–Crippen LogP) is 1.87. The van der Waals surface area contributed by atoms with E-state index in [1.165, 1.54) is 10.9 Å². The molecule has 0 bridgehead atoms. The summed E-state index contributed by atoms with van der Waals surface area (Å²) in [6.45, 7) is 0.570. The fourth-order valence-electron chi connectivity index (χ4n) is 2.35. The molecule has 0 radical (unpaired) electrons. The first-order valence-corrected chi connectivity index (χ1v) is 8.15. The Bertz CT molecular complexity index is 965. The molecule has 3 aromatic heterocycles. The molecule has 0 fully saturated rings. The van der Waals surface area contributed by atoms with Gasteiger partial charge < -0.3 is 10.4 Å². The summed E-state index contributed by atoms with van der Waals surface area (Å²) in [5.41, 5.74) is 1.33. The van der Waals surface area contributed by atoms with Gasteiger partial charge in [0.2, 0.25) is 0 Å². The second kappa shape index (κ2) is 7.36. The number of aromatic carboxylic acids is 1. The fourth-order valence-corrected chi connectivity index (χ4v) is 2.52. The van der Waals surface area contributed by atoms with Crippen LogP contribution >= 0.6 is 11.6 Å². The number of aryl methyl sites for hydroxylation is 2. The third kappa shape index (κ3) is 3.72. The molecule has 0 aromatic carbocycles. The Morgan fingerprint density at radius 2 is 2.12 bits per heavy atom. The maximum atomic E-state index is 12.4. The number of carbonyl (C=O) groups excluding carboxylic acids is 1. The first-order chi connectivity index (χ1) is 12.5. The van der Waals surface area contributed by atoms with E-state index in [2.05, 4.69) is 20.5 Å². The van der Waals surface area contributed by atoms with Crippen LogP contribution in [0.5, 0.6) is 0 Å². The lowest BCUT2D eigenvalue weighted by atomic mass is 10.2. The van der Waals surface area contributed by atoms with Crippen molar-refractivity contribution in [3.63, 3.8) is 0 Å². The van der Waals surface area contributed by atoms with Crippen LogP contribution in [0.15, 0.2) is 36.8 Å². The van der Waals surface area contributed by atoms with Crippen molar-refractivity contribution in [1.29, 1.82) is 0 Å². The van der Waals surface area contributed by atoms with Crippen molar-refractivity contribution in [2.24, 2.45) is 7.05 Å². The summed E-state index contributed by atoms with van der Waals surface area (Å²) in [5.74, 6) is -1.32. The number of alkyl halides is 1. The van der Waals surface area contributed by atoms with Crippen molar-refractivity contribution in [1.82, 2.24) is 24.5 Å². The van der Waals surface area contributed by atoms with Gasteiger partial charge in [0.25, 0.3) is 5.91 Å². The molecule has 0 aliphatic heterocycles. The number of carboxylic acids is 1. The minimum absolute atomic E-state index is 0.104. The van der Waals surface area contributed by atoms with Crippen molar-refractivity contribution in [3.05, 3.63) is 48.2 Å². The van der Waals surface area contributed by atoms with Crippen molar-refractivity contribution in [3.8, 4) is 11.3 Å². The van der Waals surface area contributed by atoms with Crippen LogP contribution in [0.2, 0.25) is 0 Å². The molecule has 3 rings (SSSR count). The van der Waals surface area contributed by atoms with Gasteiger partial charge in [-0.25, -0.2) is 9.78 Å². The molecular formula is C16H15ClN6O3. The molecule has 1 amide bonds. The molecule has 0 saturated carbocycles. The third-order valence-electron chi connectivity index (χ3n) is 3.50. The molecule has 0 saturated heterocycles. The lowest BCUT2D eigenvalue weighted by Crippen LogP contribution is -2.15. The van der Waals surface area contributed by atoms with E-state index in [0.717, 1.165) is 5.56 Å². The van der Waals surface area contributed by atoms with E-state index < -0.39 is 11.9 Å². The molecule has 26 heavy (non-hydrogen) atoms. The number of amides is 1. The minimum Gasteiger partial charge on any atom is -0.476 e. The van der Waals surface area contributed by atoms with Crippen LogP contribution in [-0.2, 0) is 13.6 Å². The number of aromatic nitrogens is 5. The van der Waals surface area contributed by atoms with Gasteiger partial charge in [-0.3, -0.25) is 14.2 Å². The Morgan fingerprint density at radius 1 is 1.31 bits per heavy atom. The highest BCUT2D eigenvalue weighted by molar-refractivity contribution is 6.17. The number of hydrogen-bond acceptors (Lipinski definition) is 5. The molecule has 3 aromatic rings. The van der Waals surface area contributed by atoms with E-state index >= 15 is 0 Å². The van der Waals surface area contributed by atoms with E-state index in [1.807, 2.05) is 0 Å². The summed E-state index contributed by atoms with van der Waals surface area (Å²) in [6.07, 6.45) is 4.84. The van der Waals surface area contributed by atoms with E-state index in [0.29, 0.717) is 18.1 Å². The van der Waals surface area contributed by atoms with Crippen LogP contribution in [0.25, 0.3) is 11.3 Å². The Hall–Kier alpha value is -3.20. The normalized spacial score (nSPS) is 10.7. The van der Waals surface area contributed by atoms with Gasteiger partial charge in [-0.15, -0.1) is 11.6 Å². The number of rotatable bonds is 6. The highest BCUT2D eigenvalue weighted by Crippen LogP contribution is 2.18. The van der Waals surface area contributed by atoms with Crippen LogP contribution in [0.1, 0.15) is 21.0 Å². The monoisotopic (exact) mass is 374 g/mol. The molecule has 0 aliphatic carbocycles. The van der Waals surface area contributed by atoms with Gasteiger partial charge in [-0.2, -0.15) is 10.2 Å². The lowest BCUT2D eigenvalue weighted by molar-refractivity contribution is 0.0690. The maximum Gasteiger partial charge on any atom is 0.358 e. The van der Waals surface area contributed by atoms with Gasteiger partial charge in [0.15, 0.2) is 5.69 Å². The number of carbonyl (C=O) groups is 2. The summed E-state index contributed by atoms with van der Waals surface area (Å²) in [7, 11) is 1.57. The van der Waals surface area contributed by atoms with Crippen molar-refractivity contribution in [2.75, 3.05) is 11.2 Å². The Labute approximate surface area is 153 Å². The van der Waals surface area contributed by atoms with Gasteiger partial charge in [0.05, 0.1) is 24.1 Å². The average molecular weight is 375 g/mol. The molecule has 0 unspecified atom stereocenters. The van der Waals surface area contributed by atoms with Gasteiger partial charge in [-0.1, -0.05) is 6.07 Å².